The van der Waals surface area contributed by atoms with Gasteiger partial charge in [0, 0.05) is 37.8 Å². The number of fused-ring (bicyclic) bond motifs is 2. The molecule has 5 rings (SSSR count). The van der Waals surface area contributed by atoms with Gasteiger partial charge in [0.15, 0.2) is 5.82 Å². The molecular weight excluding hydrogens is 366 g/mol. The number of rotatable bonds is 1. The van der Waals surface area contributed by atoms with Crippen molar-refractivity contribution in [2.45, 2.75) is 20.3 Å². The minimum atomic E-state index is -0.219. The lowest BCUT2D eigenvalue weighted by atomic mass is 9.79. The van der Waals surface area contributed by atoms with Crippen LogP contribution in [0.25, 0.3) is 0 Å². The fourth-order valence-corrected chi connectivity index (χ4v) is 4.82. The van der Waals surface area contributed by atoms with Crippen LogP contribution in [-0.2, 0) is 0 Å². The zero-order valence-electron chi connectivity index (χ0n) is 16.8. The Morgan fingerprint density at radius 2 is 2.07 bits per heavy atom. The second-order valence-electron chi connectivity index (χ2n) is 8.44. The number of carbonyl (C=O) groups excluding carboxylic acids is 2. The van der Waals surface area contributed by atoms with E-state index in [-0.39, 0.29) is 17.4 Å². The lowest BCUT2D eigenvalue weighted by molar-refractivity contribution is 0.0158. The maximum Gasteiger partial charge on any atom is 0.330 e. The van der Waals surface area contributed by atoms with Crippen LogP contribution in [0.4, 0.5) is 22.0 Å². The van der Waals surface area contributed by atoms with E-state index in [9.17, 15) is 9.59 Å². The summed E-state index contributed by atoms with van der Waals surface area (Å²) in [6.07, 6.45) is 2.68. The number of likely N-dealkylation sites (tertiary alicyclic amines) is 2. The SMILES string of the molecule is CCN1CC2(CCN(C(=O)N3c4ccc(C)cc4C(=O)Nc4cccnc43)C2)C1. The summed E-state index contributed by atoms with van der Waals surface area (Å²) < 4.78 is 0. The summed E-state index contributed by atoms with van der Waals surface area (Å²) in [5.74, 6) is 0.252. The van der Waals surface area contributed by atoms with Crippen LogP contribution in [0.1, 0.15) is 29.3 Å². The minimum absolute atomic E-state index is 0.113. The van der Waals surface area contributed by atoms with Crippen LogP contribution >= 0.6 is 0 Å². The molecule has 7 nitrogen and oxygen atoms in total. The van der Waals surface area contributed by atoms with E-state index in [1.165, 1.54) is 0 Å². The average Bonchev–Trinajstić information content (AvgIpc) is 3.10. The molecule has 2 fully saturated rings. The van der Waals surface area contributed by atoms with Crippen molar-refractivity contribution in [3.63, 3.8) is 0 Å². The molecule has 0 aliphatic carbocycles. The van der Waals surface area contributed by atoms with E-state index in [2.05, 4.69) is 22.1 Å². The molecule has 3 amide bonds. The number of pyridine rings is 1. The topological polar surface area (TPSA) is 68.8 Å². The Morgan fingerprint density at radius 1 is 1.24 bits per heavy atom. The first-order chi connectivity index (χ1) is 14.0. The summed E-state index contributed by atoms with van der Waals surface area (Å²) in [6.45, 7) is 8.76. The number of nitrogens with zero attached hydrogens (tertiary/aromatic N) is 4. The summed E-state index contributed by atoms with van der Waals surface area (Å²) in [6, 6.07) is 9.04. The molecule has 3 aliphatic rings. The fourth-order valence-electron chi connectivity index (χ4n) is 4.82. The number of aromatic nitrogens is 1. The summed E-state index contributed by atoms with van der Waals surface area (Å²) in [5.41, 5.74) is 2.81. The number of hydrogen-bond donors (Lipinski definition) is 1. The van der Waals surface area contributed by atoms with Gasteiger partial charge < -0.3 is 15.1 Å². The molecule has 2 saturated heterocycles. The van der Waals surface area contributed by atoms with Gasteiger partial charge in [-0.25, -0.2) is 14.7 Å². The average molecular weight is 391 g/mol. The van der Waals surface area contributed by atoms with E-state index in [1.54, 1.807) is 23.2 Å². The van der Waals surface area contributed by atoms with Crippen molar-refractivity contribution in [3.8, 4) is 0 Å². The molecule has 1 aromatic carbocycles. The number of carbonyl (C=O) groups is 2. The highest BCUT2D eigenvalue weighted by Gasteiger charge is 2.49. The van der Waals surface area contributed by atoms with Crippen molar-refractivity contribution in [2.24, 2.45) is 5.41 Å². The van der Waals surface area contributed by atoms with Crippen molar-refractivity contribution in [1.82, 2.24) is 14.8 Å². The van der Waals surface area contributed by atoms with Crippen LogP contribution in [-0.4, -0.2) is 59.4 Å². The second kappa shape index (κ2) is 6.56. The van der Waals surface area contributed by atoms with Gasteiger partial charge in [0.05, 0.1) is 16.9 Å². The van der Waals surface area contributed by atoms with E-state index >= 15 is 0 Å². The van der Waals surface area contributed by atoms with Gasteiger partial charge in [-0.05, 0) is 44.2 Å². The van der Waals surface area contributed by atoms with E-state index in [0.29, 0.717) is 22.8 Å². The smallest absolute Gasteiger partial charge is 0.323 e. The normalized spacial score (nSPS) is 20.0. The molecule has 0 bridgehead atoms. The Bertz CT molecular complexity index is 998. The third-order valence-corrected chi connectivity index (χ3v) is 6.35. The molecule has 1 N–H and O–H groups in total. The maximum absolute atomic E-state index is 13.7. The summed E-state index contributed by atoms with van der Waals surface area (Å²) >= 11 is 0. The Kier molecular flexibility index (Phi) is 4.10. The number of anilines is 3. The molecule has 29 heavy (non-hydrogen) atoms. The first kappa shape index (κ1) is 18.1. The molecule has 150 valence electrons. The van der Waals surface area contributed by atoms with Crippen LogP contribution in [0.5, 0.6) is 0 Å². The lowest BCUT2D eigenvalue weighted by Gasteiger charge is -2.47. The molecule has 0 unspecified atom stereocenters. The number of amides is 3. The van der Waals surface area contributed by atoms with Crippen molar-refractivity contribution in [1.29, 1.82) is 0 Å². The third-order valence-electron chi connectivity index (χ3n) is 6.35. The molecule has 0 saturated carbocycles. The summed E-state index contributed by atoms with van der Waals surface area (Å²) in [7, 11) is 0. The Balaban J connectivity index is 1.53. The van der Waals surface area contributed by atoms with Crippen LogP contribution in [0, 0.1) is 12.3 Å². The van der Waals surface area contributed by atoms with E-state index < -0.39 is 0 Å². The molecule has 1 spiro atoms. The van der Waals surface area contributed by atoms with Crippen molar-refractivity contribution < 1.29 is 9.59 Å². The highest BCUT2D eigenvalue weighted by molar-refractivity contribution is 6.16. The number of benzene rings is 1. The molecule has 0 radical (unpaired) electrons. The van der Waals surface area contributed by atoms with Crippen LogP contribution in [0.15, 0.2) is 36.5 Å². The highest BCUT2D eigenvalue weighted by atomic mass is 16.2. The molecular formula is C22H25N5O2. The van der Waals surface area contributed by atoms with Gasteiger partial charge in [0.1, 0.15) is 0 Å². The second-order valence-corrected chi connectivity index (χ2v) is 8.44. The molecule has 3 aliphatic heterocycles. The van der Waals surface area contributed by atoms with E-state index in [0.717, 1.165) is 44.7 Å². The Hall–Kier alpha value is -2.93. The number of urea groups is 1. The monoisotopic (exact) mass is 391 g/mol. The summed E-state index contributed by atoms with van der Waals surface area (Å²) in [5, 5.41) is 2.91. The number of aryl methyl sites for hydroxylation is 1. The van der Waals surface area contributed by atoms with Gasteiger partial charge >= 0.3 is 6.03 Å². The summed E-state index contributed by atoms with van der Waals surface area (Å²) in [4.78, 5) is 37.0. The molecule has 1 aromatic heterocycles. The van der Waals surface area contributed by atoms with Crippen LogP contribution in [0.3, 0.4) is 0 Å². The van der Waals surface area contributed by atoms with Gasteiger partial charge in [-0.3, -0.25) is 4.79 Å². The first-order valence-electron chi connectivity index (χ1n) is 10.2. The van der Waals surface area contributed by atoms with Gasteiger partial charge in [-0.1, -0.05) is 18.6 Å². The van der Waals surface area contributed by atoms with Crippen molar-refractivity contribution in [2.75, 3.05) is 42.9 Å². The van der Waals surface area contributed by atoms with E-state index in [1.807, 2.05) is 30.0 Å². The maximum atomic E-state index is 13.7. The molecule has 2 aromatic rings. The Morgan fingerprint density at radius 3 is 2.86 bits per heavy atom. The minimum Gasteiger partial charge on any atom is -0.323 e. The number of nitrogens with one attached hydrogen (secondary N) is 1. The third kappa shape index (κ3) is 2.88. The van der Waals surface area contributed by atoms with Gasteiger partial charge in [-0.15, -0.1) is 0 Å². The lowest BCUT2D eigenvalue weighted by Crippen LogP contribution is -2.57. The van der Waals surface area contributed by atoms with Crippen LogP contribution < -0.4 is 10.2 Å². The van der Waals surface area contributed by atoms with E-state index in [4.69, 9.17) is 0 Å². The zero-order chi connectivity index (χ0) is 20.2. The fraction of sp³-hybridized carbons (Fsp3) is 0.409. The van der Waals surface area contributed by atoms with Crippen LogP contribution in [0.2, 0.25) is 0 Å². The standard InChI is InChI=1S/C22H25N5O2/c1-3-25-12-22(13-25)8-10-26(14-22)21(29)27-18-7-6-15(2)11-16(18)20(28)24-17-5-4-9-23-19(17)27/h4-7,9,11H,3,8,10,12-14H2,1-2H3,(H,24,28). The zero-order valence-corrected chi connectivity index (χ0v) is 16.8. The predicted molar refractivity (Wildman–Crippen MR) is 112 cm³/mol. The van der Waals surface area contributed by atoms with Crippen molar-refractivity contribution >= 4 is 29.1 Å². The molecule has 0 atom stereocenters. The quantitative estimate of drug-likeness (QED) is 0.810. The molecule has 7 heteroatoms. The number of hydrogen-bond acceptors (Lipinski definition) is 4. The first-order valence-corrected chi connectivity index (χ1v) is 10.2. The van der Waals surface area contributed by atoms with Gasteiger partial charge in [-0.2, -0.15) is 0 Å². The van der Waals surface area contributed by atoms with Crippen molar-refractivity contribution in [3.05, 3.63) is 47.7 Å². The molecule has 4 heterocycles. The highest BCUT2D eigenvalue weighted by Crippen LogP contribution is 2.42. The van der Waals surface area contributed by atoms with Gasteiger partial charge in [0.25, 0.3) is 5.91 Å². The van der Waals surface area contributed by atoms with Gasteiger partial charge in [0.2, 0.25) is 0 Å². The largest absolute Gasteiger partial charge is 0.330 e. The Labute approximate surface area is 170 Å². The predicted octanol–water partition coefficient (Wildman–Crippen LogP) is 3.24.